The predicted octanol–water partition coefficient (Wildman–Crippen LogP) is 2.32. The number of benzene rings is 1. The molecule has 0 saturated carbocycles. The van der Waals surface area contributed by atoms with Crippen LogP contribution in [-0.2, 0) is 9.59 Å². The van der Waals surface area contributed by atoms with E-state index in [0.29, 0.717) is 15.3 Å². The monoisotopic (exact) mass is 408 g/mol. The van der Waals surface area contributed by atoms with Crippen LogP contribution in [0.2, 0.25) is 0 Å². The number of nitrogens with one attached hydrogen (secondary N) is 3. The summed E-state index contributed by atoms with van der Waals surface area (Å²) in [5.74, 6) is -1.53. The maximum Gasteiger partial charge on any atom is 0.257 e. The minimum Gasteiger partial charge on any atom is -0.325 e. The van der Waals surface area contributed by atoms with E-state index in [1.807, 2.05) is 6.07 Å². The number of fused-ring (bicyclic) bond motifs is 1. The lowest BCUT2D eigenvalue weighted by molar-refractivity contribution is -0.123. The van der Waals surface area contributed by atoms with Crippen molar-refractivity contribution in [3.8, 4) is 0 Å². The Labute approximate surface area is 149 Å². The van der Waals surface area contributed by atoms with Crippen LogP contribution in [0.5, 0.6) is 0 Å². The van der Waals surface area contributed by atoms with Crippen LogP contribution in [0.1, 0.15) is 17.9 Å². The Hall–Kier alpha value is -2.13. The normalized spacial score (nSPS) is 16.2. The van der Waals surface area contributed by atoms with E-state index in [9.17, 15) is 14.4 Å². The van der Waals surface area contributed by atoms with E-state index in [-0.39, 0.29) is 23.7 Å². The lowest BCUT2D eigenvalue weighted by Crippen LogP contribution is -2.36. The fourth-order valence-corrected chi connectivity index (χ4v) is 3.21. The SMILES string of the molecule is CSc1nc2c(c(=O)[nH]1)[C@H](C(=O)Nc1ccccc1Br)CC(=O)N2. The third-order valence-corrected chi connectivity index (χ3v) is 4.84. The maximum absolute atomic E-state index is 12.6. The molecule has 0 saturated heterocycles. The molecular formula is C15H13BrN4O3S. The molecule has 124 valence electrons. The second kappa shape index (κ2) is 6.78. The molecule has 1 aliphatic heterocycles. The highest BCUT2D eigenvalue weighted by atomic mass is 79.9. The summed E-state index contributed by atoms with van der Waals surface area (Å²) in [7, 11) is 0. The number of para-hydroxylation sites is 1. The topological polar surface area (TPSA) is 104 Å². The number of hydrogen-bond acceptors (Lipinski definition) is 5. The summed E-state index contributed by atoms with van der Waals surface area (Å²) < 4.78 is 0.712. The quantitative estimate of drug-likeness (QED) is 0.533. The Morgan fingerprint density at radius 1 is 1.38 bits per heavy atom. The van der Waals surface area contributed by atoms with Gasteiger partial charge in [-0.25, -0.2) is 4.98 Å². The zero-order valence-corrected chi connectivity index (χ0v) is 15.0. The first-order valence-electron chi connectivity index (χ1n) is 7.03. The predicted molar refractivity (Wildman–Crippen MR) is 95.4 cm³/mol. The van der Waals surface area contributed by atoms with Crippen LogP contribution in [0.3, 0.4) is 0 Å². The van der Waals surface area contributed by atoms with Crippen molar-refractivity contribution in [3.05, 3.63) is 44.7 Å². The van der Waals surface area contributed by atoms with E-state index in [1.165, 1.54) is 11.8 Å². The molecule has 1 aromatic heterocycles. The zero-order valence-electron chi connectivity index (χ0n) is 12.6. The number of amides is 2. The number of aromatic amines is 1. The summed E-state index contributed by atoms with van der Waals surface area (Å²) in [5.41, 5.74) is 0.328. The molecule has 1 aliphatic rings. The van der Waals surface area contributed by atoms with Crippen LogP contribution >= 0.6 is 27.7 Å². The first kappa shape index (κ1) is 16.7. The van der Waals surface area contributed by atoms with Gasteiger partial charge in [-0.1, -0.05) is 23.9 Å². The van der Waals surface area contributed by atoms with Crippen molar-refractivity contribution in [2.75, 3.05) is 16.9 Å². The Bertz CT molecular complexity index is 883. The Morgan fingerprint density at radius 3 is 2.83 bits per heavy atom. The Morgan fingerprint density at radius 2 is 2.12 bits per heavy atom. The van der Waals surface area contributed by atoms with E-state index in [2.05, 4.69) is 36.5 Å². The molecule has 3 N–H and O–H groups in total. The first-order valence-corrected chi connectivity index (χ1v) is 9.05. The molecule has 0 unspecified atom stereocenters. The Kier molecular flexibility index (Phi) is 4.72. The molecule has 24 heavy (non-hydrogen) atoms. The second-order valence-corrected chi connectivity index (χ2v) is 6.76. The molecule has 2 aromatic rings. The fraction of sp³-hybridized carbons (Fsp3) is 0.200. The van der Waals surface area contributed by atoms with Gasteiger partial charge >= 0.3 is 0 Å². The molecule has 0 fully saturated rings. The average molecular weight is 409 g/mol. The van der Waals surface area contributed by atoms with Crippen molar-refractivity contribution in [2.45, 2.75) is 17.5 Å². The fourth-order valence-electron chi connectivity index (χ4n) is 2.45. The van der Waals surface area contributed by atoms with E-state index >= 15 is 0 Å². The minimum atomic E-state index is -0.895. The summed E-state index contributed by atoms with van der Waals surface area (Å²) in [5, 5.41) is 5.69. The van der Waals surface area contributed by atoms with Gasteiger partial charge in [-0.05, 0) is 34.3 Å². The van der Waals surface area contributed by atoms with Gasteiger partial charge in [0.1, 0.15) is 5.82 Å². The van der Waals surface area contributed by atoms with Gasteiger partial charge in [-0.3, -0.25) is 14.4 Å². The number of nitrogens with zero attached hydrogens (tertiary/aromatic N) is 1. The summed E-state index contributed by atoms with van der Waals surface area (Å²) in [6, 6.07) is 7.12. The van der Waals surface area contributed by atoms with E-state index in [1.54, 1.807) is 24.5 Å². The lowest BCUT2D eigenvalue weighted by Gasteiger charge is -2.23. The van der Waals surface area contributed by atoms with Gasteiger partial charge in [0.15, 0.2) is 5.16 Å². The van der Waals surface area contributed by atoms with Crippen molar-refractivity contribution >= 4 is 51.0 Å². The highest BCUT2D eigenvalue weighted by Gasteiger charge is 2.34. The number of carbonyl (C=O) groups is 2. The molecule has 0 aliphatic carbocycles. The summed E-state index contributed by atoms with van der Waals surface area (Å²) >= 11 is 4.60. The van der Waals surface area contributed by atoms with Gasteiger partial charge in [-0.15, -0.1) is 0 Å². The van der Waals surface area contributed by atoms with Crippen LogP contribution in [0.25, 0.3) is 0 Å². The molecule has 0 radical (unpaired) electrons. The molecule has 3 rings (SSSR count). The van der Waals surface area contributed by atoms with Crippen molar-refractivity contribution in [1.29, 1.82) is 0 Å². The van der Waals surface area contributed by atoms with Gasteiger partial charge in [0.25, 0.3) is 5.56 Å². The van der Waals surface area contributed by atoms with Crippen molar-refractivity contribution in [3.63, 3.8) is 0 Å². The van der Waals surface area contributed by atoms with Crippen molar-refractivity contribution < 1.29 is 9.59 Å². The first-order chi connectivity index (χ1) is 11.5. The number of anilines is 2. The van der Waals surface area contributed by atoms with E-state index in [4.69, 9.17) is 0 Å². The summed E-state index contributed by atoms with van der Waals surface area (Å²) in [6.45, 7) is 0. The molecule has 0 bridgehead atoms. The lowest BCUT2D eigenvalue weighted by atomic mass is 9.92. The van der Waals surface area contributed by atoms with Gasteiger partial charge in [0, 0.05) is 10.9 Å². The highest BCUT2D eigenvalue weighted by Crippen LogP contribution is 2.31. The smallest absolute Gasteiger partial charge is 0.257 e. The molecule has 1 atom stereocenters. The molecule has 1 aromatic carbocycles. The van der Waals surface area contributed by atoms with Gasteiger partial charge in [0.2, 0.25) is 11.8 Å². The summed E-state index contributed by atoms with van der Waals surface area (Å²) in [6.07, 6.45) is 1.65. The number of halogens is 1. The van der Waals surface area contributed by atoms with E-state index in [0.717, 1.165) is 0 Å². The van der Waals surface area contributed by atoms with Crippen LogP contribution in [-0.4, -0.2) is 28.0 Å². The van der Waals surface area contributed by atoms with E-state index < -0.39 is 17.4 Å². The van der Waals surface area contributed by atoms with Crippen molar-refractivity contribution in [2.24, 2.45) is 0 Å². The third-order valence-electron chi connectivity index (χ3n) is 3.57. The minimum absolute atomic E-state index is 0.105. The zero-order chi connectivity index (χ0) is 17.3. The number of rotatable bonds is 3. The molecule has 7 nitrogen and oxygen atoms in total. The number of hydrogen-bond donors (Lipinski definition) is 3. The molecule has 0 spiro atoms. The van der Waals surface area contributed by atoms with Crippen molar-refractivity contribution in [1.82, 2.24) is 9.97 Å². The summed E-state index contributed by atoms with van der Waals surface area (Å²) in [4.78, 5) is 43.7. The van der Waals surface area contributed by atoms with Crippen LogP contribution in [0.15, 0.2) is 38.7 Å². The number of thioether (sulfide) groups is 1. The van der Waals surface area contributed by atoms with Crippen LogP contribution in [0.4, 0.5) is 11.5 Å². The third kappa shape index (κ3) is 3.22. The molecule has 2 heterocycles. The van der Waals surface area contributed by atoms with Gasteiger partial charge in [-0.2, -0.15) is 0 Å². The van der Waals surface area contributed by atoms with Gasteiger partial charge < -0.3 is 15.6 Å². The Balaban J connectivity index is 1.98. The molecule has 2 amide bonds. The second-order valence-electron chi connectivity index (χ2n) is 5.11. The van der Waals surface area contributed by atoms with Crippen LogP contribution < -0.4 is 16.2 Å². The van der Waals surface area contributed by atoms with Gasteiger partial charge in [0.05, 0.1) is 17.2 Å². The number of H-pyrrole nitrogens is 1. The number of carbonyl (C=O) groups excluding carboxylic acids is 2. The maximum atomic E-state index is 12.6. The molecule has 9 heteroatoms. The van der Waals surface area contributed by atoms with Crippen LogP contribution in [0, 0.1) is 0 Å². The standard InChI is InChI=1S/C15H13BrN4O3S/c1-24-15-19-12-11(14(23)20-15)7(6-10(21)18-12)13(22)17-9-5-3-2-4-8(9)16/h2-5,7H,6H2,1H3,(H,17,22)(H2,18,19,20,21,23)/t7-/m1/s1. The highest BCUT2D eigenvalue weighted by molar-refractivity contribution is 9.10. The molecular weight excluding hydrogens is 396 g/mol. The largest absolute Gasteiger partial charge is 0.325 e. The number of aromatic nitrogens is 2. The average Bonchev–Trinajstić information content (AvgIpc) is 2.55.